The fraction of sp³-hybridized carbons (Fsp3) is 0.318. The van der Waals surface area contributed by atoms with Crippen molar-refractivity contribution in [3.8, 4) is 5.75 Å². The van der Waals surface area contributed by atoms with Crippen LogP contribution in [0.3, 0.4) is 0 Å². The first-order chi connectivity index (χ1) is 14.3. The van der Waals surface area contributed by atoms with E-state index in [1.807, 2.05) is 26.0 Å². The maximum Gasteiger partial charge on any atom is 0.349 e. The SMILES string of the molecule is CCN(CC)c1ccc2cc(C(=O)N(C)Cc3c[nH]c(C)c(O)c3=O)c(=O)oc2c1. The van der Waals surface area contributed by atoms with Crippen molar-refractivity contribution in [2.75, 3.05) is 25.0 Å². The highest BCUT2D eigenvalue weighted by Crippen LogP contribution is 2.22. The van der Waals surface area contributed by atoms with E-state index in [9.17, 15) is 19.5 Å². The molecule has 0 atom stereocenters. The van der Waals surface area contributed by atoms with Crippen LogP contribution in [0.5, 0.6) is 5.75 Å². The lowest BCUT2D eigenvalue weighted by molar-refractivity contribution is 0.0780. The van der Waals surface area contributed by atoms with Crippen molar-refractivity contribution in [2.24, 2.45) is 0 Å². The molecule has 0 spiro atoms. The predicted octanol–water partition coefficient (Wildman–Crippen LogP) is 2.61. The third-order valence-electron chi connectivity index (χ3n) is 5.16. The minimum absolute atomic E-state index is 0.0691. The largest absolute Gasteiger partial charge is 0.503 e. The maximum absolute atomic E-state index is 12.8. The van der Waals surface area contributed by atoms with Crippen LogP contribution in [-0.4, -0.2) is 41.0 Å². The molecule has 8 nitrogen and oxygen atoms in total. The minimum atomic E-state index is -0.739. The number of nitrogens with one attached hydrogen (secondary N) is 1. The number of amides is 1. The molecule has 30 heavy (non-hydrogen) atoms. The van der Waals surface area contributed by atoms with Crippen LogP contribution in [0, 0.1) is 6.92 Å². The van der Waals surface area contributed by atoms with Crippen LogP contribution in [0.1, 0.15) is 35.5 Å². The van der Waals surface area contributed by atoms with Crippen molar-refractivity contribution >= 4 is 22.6 Å². The molecule has 0 aliphatic carbocycles. The first kappa shape index (κ1) is 21.2. The summed E-state index contributed by atoms with van der Waals surface area (Å²) in [7, 11) is 1.48. The summed E-state index contributed by atoms with van der Waals surface area (Å²) < 4.78 is 5.42. The number of H-pyrrole nitrogens is 1. The topological polar surface area (TPSA) is 107 Å². The van der Waals surface area contributed by atoms with Crippen molar-refractivity contribution in [3.63, 3.8) is 0 Å². The Balaban J connectivity index is 1.92. The van der Waals surface area contributed by atoms with Gasteiger partial charge in [0.15, 0.2) is 5.75 Å². The van der Waals surface area contributed by atoms with Crippen LogP contribution < -0.4 is 16.0 Å². The van der Waals surface area contributed by atoms with Gasteiger partial charge in [0.2, 0.25) is 5.43 Å². The Labute approximate surface area is 173 Å². The summed E-state index contributed by atoms with van der Waals surface area (Å²) in [4.78, 5) is 43.6. The zero-order valence-electron chi connectivity index (χ0n) is 17.5. The highest BCUT2D eigenvalue weighted by atomic mass is 16.4. The van der Waals surface area contributed by atoms with Gasteiger partial charge in [-0.25, -0.2) is 4.79 Å². The van der Waals surface area contributed by atoms with Gasteiger partial charge in [0.25, 0.3) is 5.91 Å². The van der Waals surface area contributed by atoms with E-state index in [4.69, 9.17) is 4.42 Å². The van der Waals surface area contributed by atoms with E-state index < -0.39 is 17.0 Å². The number of anilines is 1. The monoisotopic (exact) mass is 411 g/mol. The Morgan fingerprint density at radius 2 is 1.87 bits per heavy atom. The number of nitrogens with zero attached hydrogens (tertiary/aromatic N) is 2. The van der Waals surface area contributed by atoms with Gasteiger partial charge in [-0.1, -0.05) is 0 Å². The summed E-state index contributed by atoms with van der Waals surface area (Å²) >= 11 is 0. The normalized spacial score (nSPS) is 10.9. The molecule has 0 saturated carbocycles. The van der Waals surface area contributed by atoms with E-state index in [2.05, 4.69) is 9.88 Å². The van der Waals surface area contributed by atoms with Gasteiger partial charge in [-0.2, -0.15) is 0 Å². The summed E-state index contributed by atoms with van der Waals surface area (Å²) in [6.07, 6.45) is 1.44. The first-order valence-electron chi connectivity index (χ1n) is 9.75. The number of fused-ring (bicyclic) bond motifs is 1. The molecule has 0 saturated heterocycles. The molecule has 2 N–H and O–H groups in total. The average molecular weight is 411 g/mol. The number of aromatic hydroxyl groups is 1. The third-order valence-corrected chi connectivity index (χ3v) is 5.16. The van der Waals surface area contributed by atoms with E-state index in [-0.39, 0.29) is 23.4 Å². The Morgan fingerprint density at radius 3 is 2.53 bits per heavy atom. The molecule has 8 heteroatoms. The molecule has 3 aromatic rings. The van der Waals surface area contributed by atoms with Crippen LogP contribution in [0.15, 0.2) is 44.5 Å². The molecule has 0 fully saturated rings. The van der Waals surface area contributed by atoms with Crippen molar-refractivity contribution in [2.45, 2.75) is 27.3 Å². The van der Waals surface area contributed by atoms with Crippen molar-refractivity contribution in [1.82, 2.24) is 9.88 Å². The first-order valence-corrected chi connectivity index (χ1v) is 9.75. The maximum atomic E-state index is 12.8. The molecule has 158 valence electrons. The molecule has 1 amide bonds. The van der Waals surface area contributed by atoms with E-state index >= 15 is 0 Å². The summed E-state index contributed by atoms with van der Waals surface area (Å²) in [5, 5.41) is 10.4. The molecular formula is C22H25N3O5. The van der Waals surface area contributed by atoms with Gasteiger partial charge in [0.1, 0.15) is 11.1 Å². The Bertz CT molecular complexity index is 1210. The molecule has 0 aliphatic heterocycles. The number of aryl methyl sites for hydroxylation is 1. The van der Waals surface area contributed by atoms with Gasteiger partial charge in [-0.05, 0) is 39.0 Å². The summed E-state index contributed by atoms with van der Waals surface area (Å²) in [5.41, 5.74) is 0.485. The number of aromatic amines is 1. The molecule has 1 aromatic carbocycles. The highest BCUT2D eigenvalue weighted by Gasteiger charge is 2.20. The van der Waals surface area contributed by atoms with Crippen molar-refractivity contribution in [1.29, 1.82) is 0 Å². The third kappa shape index (κ3) is 3.94. The Hall–Kier alpha value is -3.55. The number of pyridine rings is 1. The zero-order chi connectivity index (χ0) is 22.0. The van der Waals surface area contributed by atoms with Gasteiger partial charge in [-0.3, -0.25) is 9.59 Å². The lowest BCUT2D eigenvalue weighted by atomic mass is 10.1. The van der Waals surface area contributed by atoms with E-state index in [1.165, 1.54) is 24.2 Å². The molecule has 2 heterocycles. The van der Waals surface area contributed by atoms with Crippen LogP contribution in [-0.2, 0) is 6.54 Å². The summed E-state index contributed by atoms with van der Waals surface area (Å²) in [6.45, 7) is 7.23. The van der Waals surface area contributed by atoms with Crippen molar-refractivity contribution < 1.29 is 14.3 Å². The number of carbonyl (C=O) groups excluding carboxylic acids is 1. The van der Waals surface area contributed by atoms with Crippen LogP contribution in [0.4, 0.5) is 5.69 Å². The summed E-state index contributed by atoms with van der Waals surface area (Å²) in [5.74, 6) is -0.958. The van der Waals surface area contributed by atoms with Crippen LogP contribution in [0.2, 0.25) is 0 Å². The number of benzene rings is 1. The number of aromatic nitrogens is 1. The second-order valence-corrected chi connectivity index (χ2v) is 7.12. The van der Waals surface area contributed by atoms with Gasteiger partial charge in [-0.15, -0.1) is 0 Å². The quantitative estimate of drug-likeness (QED) is 0.604. The predicted molar refractivity (Wildman–Crippen MR) is 115 cm³/mol. The zero-order valence-corrected chi connectivity index (χ0v) is 17.5. The second-order valence-electron chi connectivity index (χ2n) is 7.12. The Morgan fingerprint density at radius 1 is 1.17 bits per heavy atom. The average Bonchev–Trinajstić information content (AvgIpc) is 2.74. The van der Waals surface area contributed by atoms with Crippen LogP contribution >= 0.6 is 0 Å². The fourth-order valence-corrected chi connectivity index (χ4v) is 3.34. The lowest BCUT2D eigenvalue weighted by Gasteiger charge is -2.21. The van der Waals surface area contributed by atoms with Crippen LogP contribution in [0.25, 0.3) is 11.0 Å². The number of carbonyl (C=O) groups is 1. The number of hydrogen-bond acceptors (Lipinski definition) is 6. The molecule has 0 unspecified atom stereocenters. The van der Waals surface area contributed by atoms with Gasteiger partial charge in [0, 0.05) is 49.0 Å². The van der Waals surface area contributed by atoms with Gasteiger partial charge in [0.05, 0.1) is 12.2 Å². The van der Waals surface area contributed by atoms with Gasteiger partial charge >= 0.3 is 5.63 Å². The Kier molecular flexibility index (Phi) is 5.96. The fourth-order valence-electron chi connectivity index (χ4n) is 3.34. The van der Waals surface area contributed by atoms with Crippen molar-refractivity contribution in [3.05, 3.63) is 67.9 Å². The molecule has 3 rings (SSSR count). The minimum Gasteiger partial charge on any atom is -0.503 e. The highest BCUT2D eigenvalue weighted by molar-refractivity contribution is 5.96. The summed E-state index contributed by atoms with van der Waals surface area (Å²) in [6, 6.07) is 7.02. The standard InChI is InChI=1S/C22H25N3O5/c1-5-25(6-2)16-8-7-14-9-17(22(29)30-18(14)10-16)21(28)24(4)12-15-11-23-13(3)19(26)20(15)27/h7-11,26H,5-6,12H2,1-4H3,(H,23,27). The van der Waals surface area contributed by atoms with E-state index in [0.29, 0.717) is 16.7 Å². The lowest BCUT2D eigenvalue weighted by Crippen LogP contribution is -2.32. The molecule has 0 radical (unpaired) electrons. The molecule has 0 aliphatic rings. The smallest absolute Gasteiger partial charge is 0.349 e. The van der Waals surface area contributed by atoms with Gasteiger partial charge < -0.3 is 24.3 Å². The second kappa shape index (κ2) is 8.44. The van der Waals surface area contributed by atoms with E-state index in [0.717, 1.165) is 18.8 Å². The molecule has 0 bridgehead atoms. The van der Waals surface area contributed by atoms with E-state index in [1.54, 1.807) is 13.0 Å². The number of hydrogen-bond donors (Lipinski definition) is 2. The molecule has 2 aromatic heterocycles. The molecular weight excluding hydrogens is 386 g/mol. The number of rotatable bonds is 6.